The number of amides is 1. The summed E-state index contributed by atoms with van der Waals surface area (Å²) in [5.41, 5.74) is 0.865. The molecule has 2 aromatic rings. The van der Waals surface area contributed by atoms with Crippen molar-refractivity contribution in [1.29, 1.82) is 0 Å². The molecule has 0 fully saturated rings. The second-order valence-electron chi connectivity index (χ2n) is 4.37. The smallest absolute Gasteiger partial charge is 0.233 e. The molecule has 2 rings (SSSR count). The monoisotopic (exact) mass is 357 g/mol. The van der Waals surface area contributed by atoms with Gasteiger partial charge in [-0.2, -0.15) is 0 Å². The van der Waals surface area contributed by atoms with Gasteiger partial charge < -0.3 is 5.32 Å². The van der Waals surface area contributed by atoms with E-state index < -0.39 is 0 Å². The fraction of sp³-hybridized carbons (Fsp3) is 0.357. The van der Waals surface area contributed by atoms with Crippen LogP contribution in [0.3, 0.4) is 0 Å². The molecule has 22 heavy (non-hydrogen) atoms. The van der Waals surface area contributed by atoms with Gasteiger partial charge >= 0.3 is 0 Å². The number of carbonyl (C=O) groups excluding carboxylic acids is 1. The van der Waals surface area contributed by atoms with Crippen LogP contribution in [0.4, 0.5) is 4.39 Å². The summed E-state index contributed by atoms with van der Waals surface area (Å²) >= 11 is 4.54. The predicted molar refractivity (Wildman–Crippen MR) is 89.9 cm³/mol. The molecule has 1 heterocycles. The number of benzene rings is 1. The highest BCUT2D eigenvalue weighted by Gasteiger charge is 2.17. The van der Waals surface area contributed by atoms with Crippen molar-refractivity contribution in [2.45, 2.75) is 34.3 Å². The first kappa shape index (κ1) is 17.2. The van der Waals surface area contributed by atoms with Crippen LogP contribution in [0.25, 0.3) is 0 Å². The van der Waals surface area contributed by atoms with Gasteiger partial charge in [0.15, 0.2) is 8.68 Å². The summed E-state index contributed by atoms with van der Waals surface area (Å²) in [7, 11) is 0. The van der Waals surface area contributed by atoms with E-state index in [1.807, 2.05) is 6.92 Å². The first-order valence-corrected chi connectivity index (χ1v) is 9.41. The highest BCUT2D eigenvalue weighted by atomic mass is 32.2. The lowest BCUT2D eigenvalue weighted by atomic mass is 10.2. The van der Waals surface area contributed by atoms with E-state index in [1.54, 1.807) is 23.9 Å². The Morgan fingerprint density at radius 3 is 2.68 bits per heavy atom. The van der Waals surface area contributed by atoms with E-state index in [0.717, 1.165) is 20.0 Å². The Kier molecular flexibility index (Phi) is 6.66. The molecule has 0 unspecified atom stereocenters. The van der Waals surface area contributed by atoms with E-state index in [2.05, 4.69) is 22.4 Å². The maximum atomic E-state index is 12.8. The first-order chi connectivity index (χ1) is 10.6. The van der Waals surface area contributed by atoms with E-state index in [-0.39, 0.29) is 17.0 Å². The predicted octanol–water partition coefficient (Wildman–Crippen LogP) is 3.59. The molecule has 8 heteroatoms. The van der Waals surface area contributed by atoms with E-state index in [9.17, 15) is 9.18 Å². The van der Waals surface area contributed by atoms with Crippen LogP contribution in [-0.2, 0) is 11.3 Å². The summed E-state index contributed by atoms with van der Waals surface area (Å²) in [4.78, 5) is 12.1. The Bertz CT molecular complexity index is 618. The summed E-state index contributed by atoms with van der Waals surface area (Å²) in [6.45, 7) is 4.28. The zero-order chi connectivity index (χ0) is 15.9. The standard InChI is InChI=1S/C14H16FN3OS3/c1-3-20-13-17-18-14(22-13)21-9(2)12(19)16-8-10-4-6-11(15)7-5-10/h4-7,9H,3,8H2,1-2H3,(H,16,19)/t9-/m1/s1. The molecule has 1 N–H and O–H groups in total. The lowest BCUT2D eigenvalue weighted by Gasteiger charge is -2.10. The number of hydrogen-bond acceptors (Lipinski definition) is 6. The van der Waals surface area contributed by atoms with Crippen molar-refractivity contribution < 1.29 is 9.18 Å². The van der Waals surface area contributed by atoms with Crippen LogP contribution in [0.15, 0.2) is 32.9 Å². The molecule has 0 aliphatic rings. The average molecular weight is 358 g/mol. The van der Waals surface area contributed by atoms with Crippen LogP contribution in [-0.4, -0.2) is 27.1 Å². The highest BCUT2D eigenvalue weighted by Crippen LogP contribution is 2.31. The minimum absolute atomic E-state index is 0.0748. The largest absolute Gasteiger partial charge is 0.351 e. The van der Waals surface area contributed by atoms with Crippen molar-refractivity contribution in [3.8, 4) is 0 Å². The molecule has 1 atom stereocenters. The van der Waals surface area contributed by atoms with Crippen LogP contribution >= 0.6 is 34.9 Å². The number of carbonyl (C=O) groups is 1. The number of nitrogens with one attached hydrogen (secondary N) is 1. The molecule has 0 spiro atoms. The lowest BCUT2D eigenvalue weighted by Crippen LogP contribution is -2.30. The summed E-state index contributed by atoms with van der Waals surface area (Å²) in [6, 6.07) is 6.08. The quantitative estimate of drug-likeness (QED) is 0.768. The Labute approximate surface area is 141 Å². The van der Waals surface area contributed by atoms with Gasteiger partial charge in [-0.1, -0.05) is 53.9 Å². The average Bonchev–Trinajstić information content (AvgIpc) is 2.94. The van der Waals surface area contributed by atoms with Gasteiger partial charge in [0.25, 0.3) is 0 Å². The van der Waals surface area contributed by atoms with Crippen molar-refractivity contribution in [2.24, 2.45) is 0 Å². The second-order valence-corrected chi connectivity index (χ2v) is 8.45. The van der Waals surface area contributed by atoms with Gasteiger partial charge in [0, 0.05) is 6.54 Å². The summed E-state index contributed by atoms with van der Waals surface area (Å²) < 4.78 is 14.5. The SMILES string of the molecule is CCSc1nnc(S[C@H](C)C(=O)NCc2ccc(F)cc2)s1. The van der Waals surface area contributed by atoms with Crippen molar-refractivity contribution in [3.05, 3.63) is 35.6 Å². The number of hydrogen-bond donors (Lipinski definition) is 1. The van der Waals surface area contributed by atoms with Gasteiger partial charge in [-0.05, 0) is 30.4 Å². The molecule has 118 valence electrons. The minimum Gasteiger partial charge on any atom is -0.351 e. The molecule has 4 nitrogen and oxygen atoms in total. The molecule has 0 saturated carbocycles. The molecular weight excluding hydrogens is 341 g/mol. The zero-order valence-electron chi connectivity index (χ0n) is 12.2. The third-order valence-electron chi connectivity index (χ3n) is 2.68. The Morgan fingerprint density at radius 2 is 2.00 bits per heavy atom. The third kappa shape index (κ3) is 5.26. The molecule has 0 radical (unpaired) electrons. The van der Waals surface area contributed by atoms with Crippen LogP contribution in [0.5, 0.6) is 0 Å². The molecule has 1 amide bonds. The second kappa shape index (κ2) is 8.50. The van der Waals surface area contributed by atoms with Gasteiger partial charge in [-0.25, -0.2) is 4.39 Å². The van der Waals surface area contributed by atoms with Gasteiger partial charge in [-0.15, -0.1) is 10.2 Å². The third-order valence-corrected chi connectivity index (χ3v) is 5.81. The Morgan fingerprint density at radius 1 is 1.32 bits per heavy atom. The van der Waals surface area contributed by atoms with Gasteiger partial charge in [-0.3, -0.25) is 4.79 Å². The van der Waals surface area contributed by atoms with E-state index >= 15 is 0 Å². The van der Waals surface area contributed by atoms with Crippen molar-refractivity contribution in [3.63, 3.8) is 0 Å². The number of aromatic nitrogens is 2. The van der Waals surface area contributed by atoms with E-state index in [4.69, 9.17) is 0 Å². The van der Waals surface area contributed by atoms with Crippen molar-refractivity contribution >= 4 is 40.8 Å². The Balaban J connectivity index is 1.82. The van der Waals surface area contributed by atoms with Gasteiger partial charge in [0.2, 0.25) is 5.91 Å². The maximum absolute atomic E-state index is 12.8. The Hall–Kier alpha value is -1.12. The van der Waals surface area contributed by atoms with Crippen molar-refractivity contribution in [1.82, 2.24) is 15.5 Å². The molecular formula is C14H16FN3OS3. The van der Waals surface area contributed by atoms with Gasteiger partial charge in [0.05, 0.1) is 5.25 Å². The first-order valence-electron chi connectivity index (χ1n) is 6.73. The lowest BCUT2D eigenvalue weighted by molar-refractivity contribution is -0.120. The maximum Gasteiger partial charge on any atom is 0.233 e. The summed E-state index contributed by atoms with van der Waals surface area (Å²) in [5, 5.41) is 10.7. The number of halogens is 1. The van der Waals surface area contributed by atoms with Gasteiger partial charge in [0.1, 0.15) is 5.82 Å². The highest BCUT2D eigenvalue weighted by molar-refractivity contribution is 8.03. The van der Waals surface area contributed by atoms with Crippen LogP contribution in [0.2, 0.25) is 0 Å². The number of thioether (sulfide) groups is 2. The normalized spacial score (nSPS) is 12.1. The fourth-order valence-electron chi connectivity index (χ4n) is 1.57. The summed E-state index contributed by atoms with van der Waals surface area (Å²) in [6.07, 6.45) is 0. The van der Waals surface area contributed by atoms with Crippen LogP contribution in [0.1, 0.15) is 19.4 Å². The van der Waals surface area contributed by atoms with Crippen molar-refractivity contribution in [2.75, 3.05) is 5.75 Å². The molecule has 1 aromatic heterocycles. The number of rotatable bonds is 7. The van der Waals surface area contributed by atoms with E-state index in [0.29, 0.717) is 6.54 Å². The zero-order valence-corrected chi connectivity index (χ0v) is 14.7. The van der Waals surface area contributed by atoms with Crippen LogP contribution in [0, 0.1) is 5.82 Å². The van der Waals surface area contributed by atoms with Crippen LogP contribution < -0.4 is 5.32 Å². The number of nitrogens with zero attached hydrogens (tertiary/aromatic N) is 2. The molecule has 0 saturated heterocycles. The molecule has 0 aliphatic heterocycles. The summed E-state index contributed by atoms with van der Waals surface area (Å²) in [5.74, 6) is 0.595. The molecule has 1 aromatic carbocycles. The molecule has 0 aliphatic carbocycles. The topological polar surface area (TPSA) is 54.9 Å². The van der Waals surface area contributed by atoms with E-state index in [1.165, 1.54) is 35.2 Å². The molecule has 0 bridgehead atoms. The fourth-order valence-corrected chi connectivity index (χ4v) is 4.65. The minimum atomic E-state index is -0.281.